The fraction of sp³-hybridized carbons (Fsp3) is 0.133. The Kier molecular flexibility index (Phi) is 3.16. The smallest absolute Gasteiger partial charge is 0.180 e. The Labute approximate surface area is 122 Å². The minimum atomic E-state index is 0.438. The fourth-order valence-electron chi connectivity index (χ4n) is 2.28. The predicted molar refractivity (Wildman–Crippen MR) is 80.7 cm³/mol. The van der Waals surface area contributed by atoms with Crippen molar-refractivity contribution in [3.63, 3.8) is 0 Å². The van der Waals surface area contributed by atoms with E-state index < -0.39 is 0 Å². The van der Waals surface area contributed by atoms with Gasteiger partial charge in [0.2, 0.25) is 0 Å². The summed E-state index contributed by atoms with van der Waals surface area (Å²) in [7, 11) is 1.93. The molecule has 2 aromatic heterocycles. The van der Waals surface area contributed by atoms with Gasteiger partial charge in [-0.1, -0.05) is 12.1 Å². The van der Waals surface area contributed by atoms with Crippen molar-refractivity contribution in [2.24, 2.45) is 0 Å². The number of rotatable bonds is 3. The van der Waals surface area contributed by atoms with Crippen LogP contribution >= 0.6 is 0 Å². The van der Waals surface area contributed by atoms with Gasteiger partial charge in [-0.25, -0.2) is 9.97 Å². The highest BCUT2D eigenvalue weighted by Gasteiger charge is 2.11. The van der Waals surface area contributed by atoms with Gasteiger partial charge in [-0.05, 0) is 17.7 Å². The van der Waals surface area contributed by atoms with E-state index in [1.54, 1.807) is 18.5 Å². The summed E-state index contributed by atoms with van der Waals surface area (Å²) in [6.45, 7) is 0.620. The monoisotopic (exact) mass is 278 g/mol. The number of aromatic nitrogens is 3. The summed E-state index contributed by atoms with van der Waals surface area (Å²) in [5, 5.41) is 8.96. The van der Waals surface area contributed by atoms with Crippen LogP contribution in [0.3, 0.4) is 0 Å². The van der Waals surface area contributed by atoms with Crippen LogP contribution in [0, 0.1) is 11.3 Å². The zero-order valence-corrected chi connectivity index (χ0v) is 11.6. The van der Waals surface area contributed by atoms with E-state index in [0.29, 0.717) is 23.7 Å². The van der Waals surface area contributed by atoms with Crippen LogP contribution in [0.1, 0.15) is 11.1 Å². The maximum Gasteiger partial charge on any atom is 0.180 e. The number of hydrogen-bond acceptors (Lipinski definition) is 5. The van der Waals surface area contributed by atoms with Gasteiger partial charge in [0.25, 0.3) is 0 Å². The Hall–Kier alpha value is -3.07. The molecular weight excluding hydrogens is 264 g/mol. The highest BCUT2D eigenvalue weighted by Crippen LogP contribution is 2.20. The second-order valence-corrected chi connectivity index (χ2v) is 4.82. The molecule has 0 amide bonds. The van der Waals surface area contributed by atoms with E-state index in [0.717, 1.165) is 11.2 Å². The molecule has 0 saturated heterocycles. The van der Waals surface area contributed by atoms with Gasteiger partial charge in [-0.15, -0.1) is 0 Å². The summed E-state index contributed by atoms with van der Waals surface area (Å²) in [6.07, 6.45) is 5.28. The normalized spacial score (nSPS) is 10.5. The number of nitrogens with zero attached hydrogens (tertiary/aromatic N) is 5. The van der Waals surface area contributed by atoms with Crippen LogP contribution in [0.15, 0.2) is 42.9 Å². The summed E-state index contributed by atoms with van der Waals surface area (Å²) in [4.78, 5) is 10.6. The van der Waals surface area contributed by atoms with Crippen molar-refractivity contribution in [2.45, 2.75) is 6.54 Å². The number of anilines is 2. The molecule has 1 aromatic carbocycles. The highest BCUT2D eigenvalue weighted by molar-refractivity contribution is 5.66. The topological polar surface area (TPSA) is 83.2 Å². The molecule has 3 rings (SSSR count). The minimum Gasteiger partial charge on any atom is -0.382 e. The van der Waals surface area contributed by atoms with Gasteiger partial charge >= 0.3 is 0 Å². The Morgan fingerprint density at radius 3 is 3.10 bits per heavy atom. The Morgan fingerprint density at radius 1 is 1.43 bits per heavy atom. The summed E-state index contributed by atoms with van der Waals surface area (Å²) in [5.74, 6) is 1.15. The van der Waals surface area contributed by atoms with Crippen molar-refractivity contribution in [1.82, 2.24) is 14.4 Å². The molecule has 0 spiro atoms. The third-order valence-corrected chi connectivity index (χ3v) is 3.21. The van der Waals surface area contributed by atoms with Crippen LogP contribution in [-0.2, 0) is 6.54 Å². The molecule has 0 saturated carbocycles. The van der Waals surface area contributed by atoms with Crippen LogP contribution in [0.2, 0.25) is 0 Å². The van der Waals surface area contributed by atoms with Crippen LogP contribution in [-0.4, -0.2) is 21.4 Å². The molecule has 0 bridgehead atoms. The van der Waals surface area contributed by atoms with Crippen molar-refractivity contribution >= 4 is 17.3 Å². The van der Waals surface area contributed by atoms with E-state index in [1.807, 2.05) is 40.7 Å². The lowest BCUT2D eigenvalue weighted by Gasteiger charge is -2.19. The quantitative estimate of drug-likeness (QED) is 0.790. The van der Waals surface area contributed by atoms with E-state index in [-0.39, 0.29) is 0 Å². The molecule has 3 aromatic rings. The summed E-state index contributed by atoms with van der Waals surface area (Å²) in [6, 6.07) is 9.65. The highest BCUT2D eigenvalue weighted by atomic mass is 15.2. The number of nitrogens with two attached hydrogens (primary N) is 1. The first kappa shape index (κ1) is 12.9. The van der Waals surface area contributed by atoms with Crippen molar-refractivity contribution in [2.75, 3.05) is 17.7 Å². The summed E-state index contributed by atoms with van der Waals surface area (Å²) < 4.78 is 1.85. The second-order valence-electron chi connectivity index (χ2n) is 4.82. The molecule has 104 valence electrons. The van der Waals surface area contributed by atoms with Gasteiger partial charge in [-0.2, -0.15) is 5.26 Å². The van der Waals surface area contributed by atoms with Crippen LogP contribution in [0.4, 0.5) is 11.6 Å². The van der Waals surface area contributed by atoms with Gasteiger partial charge in [0.1, 0.15) is 5.82 Å². The molecule has 0 radical (unpaired) electrons. The van der Waals surface area contributed by atoms with Crippen LogP contribution in [0.25, 0.3) is 5.65 Å². The van der Waals surface area contributed by atoms with E-state index >= 15 is 0 Å². The van der Waals surface area contributed by atoms with E-state index in [2.05, 4.69) is 16.0 Å². The molecule has 6 nitrogen and oxygen atoms in total. The van der Waals surface area contributed by atoms with Crippen molar-refractivity contribution in [3.05, 3.63) is 54.0 Å². The zero-order valence-electron chi connectivity index (χ0n) is 11.6. The number of benzene rings is 1. The minimum absolute atomic E-state index is 0.438. The predicted octanol–water partition coefficient (Wildman–Crippen LogP) is 1.82. The van der Waals surface area contributed by atoms with Crippen molar-refractivity contribution in [1.29, 1.82) is 5.26 Å². The first-order chi connectivity index (χ1) is 10.2. The lowest BCUT2D eigenvalue weighted by molar-refractivity contribution is 0.893. The molecule has 0 fully saturated rings. The van der Waals surface area contributed by atoms with E-state index in [1.165, 1.54) is 0 Å². The second kappa shape index (κ2) is 5.13. The molecule has 21 heavy (non-hydrogen) atoms. The first-order valence-corrected chi connectivity index (χ1v) is 6.47. The Balaban J connectivity index is 1.95. The summed E-state index contributed by atoms with van der Waals surface area (Å²) >= 11 is 0. The average Bonchev–Trinajstić information content (AvgIpc) is 2.94. The number of nitriles is 1. The van der Waals surface area contributed by atoms with Gasteiger partial charge in [0.15, 0.2) is 11.5 Å². The number of nitrogen functional groups attached to an aromatic ring is 1. The van der Waals surface area contributed by atoms with Crippen LogP contribution < -0.4 is 10.6 Å². The largest absolute Gasteiger partial charge is 0.382 e. The SMILES string of the molecule is CN(Cc1cccc(C#N)c1)c1nc(N)cn2ccnc12. The van der Waals surface area contributed by atoms with Gasteiger partial charge in [0.05, 0.1) is 17.8 Å². The average molecular weight is 278 g/mol. The molecule has 2 heterocycles. The molecular formula is C15H14N6. The Morgan fingerprint density at radius 2 is 2.29 bits per heavy atom. The third-order valence-electron chi connectivity index (χ3n) is 3.21. The lowest BCUT2D eigenvalue weighted by atomic mass is 10.1. The summed E-state index contributed by atoms with van der Waals surface area (Å²) in [5.41, 5.74) is 8.26. The van der Waals surface area contributed by atoms with Gasteiger partial charge < -0.3 is 15.0 Å². The molecule has 2 N–H and O–H groups in total. The number of imidazole rings is 1. The zero-order chi connectivity index (χ0) is 14.8. The lowest BCUT2D eigenvalue weighted by Crippen LogP contribution is -2.19. The molecule has 0 aliphatic heterocycles. The molecule has 0 unspecified atom stereocenters. The maximum absolute atomic E-state index is 8.96. The van der Waals surface area contributed by atoms with Gasteiger partial charge in [-0.3, -0.25) is 0 Å². The molecule has 0 atom stereocenters. The maximum atomic E-state index is 8.96. The number of fused-ring (bicyclic) bond motifs is 1. The van der Waals surface area contributed by atoms with Crippen molar-refractivity contribution < 1.29 is 0 Å². The standard InChI is InChI=1S/C15H14N6/c1-20(9-12-4-2-3-11(7-12)8-16)15-14-18-5-6-21(14)10-13(17)19-15/h2-7,10H,9,17H2,1H3. The molecule has 6 heteroatoms. The van der Waals surface area contributed by atoms with Crippen LogP contribution in [0.5, 0.6) is 0 Å². The third kappa shape index (κ3) is 2.49. The number of hydrogen-bond donors (Lipinski definition) is 1. The fourth-order valence-corrected chi connectivity index (χ4v) is 2.28. The molecule has 0 aliphatic rings. The first-order valence-electron chi connectivity index (χ1n) is 6.47. The van der Waals surface area contributed by atoms with Crippen molar-refractivity contribution in [3.8, 4) is 6.07 Å². The molecule has 0 aliphatic carbocycles. The van der Waals surface area contributed by atoms with E-state index in [9.17, 15) is 0 Å². The van der Waals surface area contributed by atoms with E-state index in [4.69, 9.17) is 11.0 Å². The Bertz CT molecular complexity index is 830. The van der Waals surface area contributed by atoms with Gasteiger partial charge in [0, 0.05) is 26.0 Å².